The van der Waals surface area contributed by atoms with Gasteiger partial charge >= 0.3 is 0 Å². The monoisotopic (exact) mass is 356 g/mol. The Bertz CT molecular complexity index is 942. The molecule has 126 valence electrons. The summed E-state index contributed by atoms with van der Waals surface area (Å²) in [6.45, 7) is 1.28. The minimum atomic E-state index is -0.361. The maximum atomic E-state index is 13.2. The molecule has 0 bridgehead atoms. The fourth-order valence-electron chi connectivity index (χ4n) is 3.01. The highest BCUT2D eigenvalue weighted by Crippen LogP contribution is 2.32. The average Bonchev–Trinajstić information content (AvgIpc) is 3.23. The Morgan fingerprint density at radius 1 is 1.16 bits per heavy atom. The zero-order valence-electron chi connectivity index (χ0n) is 13.2. The third kappa shape index (κ3) is 3.13. The summed E-state index contributed by atoms with van der Waals surface area (Å²) in [6, 6.07) is 10.3. The molecule has 3 aromatic rings. The zero-order chi connectivity index (χ0) is 17.4. The van der Waals surface area contributed by atoms with Gasteiger partial charge in [-0.25, -0.2) is 14.1 Å². The van der Waals surface area contributed by atoms with E-state index in [9.17, 15) is 9.18 Å². The second-order valence-electron chi connectivity index (χ2n) is 5.95. The summed E-state index contributed by atoms with van der Waals surface area (Å²) in [7, 11) is 0. The summed E-state index contributed by atoms with van der Waals surface area (Å²) in [5, 5.41) is 4.33. The maximum absolute atomic E-state index is 13.2. The van der Waals surface area contributed by atoms with Gasteiger partial charge in [0, 0.05) is 18.7 Å². The van der Waals surface area contributed by atoms with Crippen LogP contribution in [0, 0.1) is 5.82 Å². The summed E-state index contributed by atoms with van der Waals surface area (Å²) in [5.74, 6) is -0.372. The van der Waals surface area contributed by atoms with Crippen LogP contribution < -0.4 is 0 Å². The Hall–Kier alpha value is -2.73. The first-order valence-electron chi connectivity index (χ1n) is 7.77. The number of hydrogen-bond donors (Lipinski definition) is 0. The van der Waals surface area contributed by atoms with Crippen molar-refractivity contribution < 1.29 is 9.18 Å². The van der Waals surface area contributed by atoms with Gasteiger partial charge in [0.25, 0.3) is 0 Å². The van der Waals surface area contributed by atoms with Crippen molar-refractivity contribution in [1.82, 2.24) is 19.7 Å². The molecule has 1 amide bonds. The smallest absolute Gasteiger partial charge is 0.244 e. The lowest BCUT2D eigenvalue weighted by molar-refractivity contribution is -0.132. The van der Waals surface area contributed by atoms with Crippen molar-refractivity contribution in [3.8, 4) is 11.1 Å². The topological polar surface area (TPSA) is 51.0 Å². The number of nitrogens with zero attached hydrogens (tertiary/aromatic N) is 4. The fourth-order valence-corrected chi connectivity index (χ4v) is 3.29. The normalized spacial score (nSPS) is 13.1. The molecule has 0 aliphatic carbocycles. The molecule has 0 saturated heterocycles. The van der Waals surface area contributed by atoms with E-state index in [2.05, 4.69) is 10.1 Å². The average molecular weight is 357 g/mol. The molecule has 0 saturated carbocycles. The number of carbonyl (C=O) groups is 1. The molecule has 0 radical (unpaired) electrons. The molecule has 0 spiro atoms. The van der Waals surface area contributed by atoms with E-state index in [0.717, 1.165) is 22.3 Å². The van der Waals surface area contributed by atoms with Crippen LogP contribution >= 0.6 is 11.6 Å². The largest absolute Gasteiger partial charge is 0.332 e. The van der Waals surface area contributed by atoms with Gasteiger partial charge in [0.1, 0.15) is 25.0 Å². The van der Waals surface area contributed by atoms with Gasteiger partial charge < -0.3 is 4.90 Å². The number of benzene rings is 2. The van der Waals surface area contributed by atoms with Crippen molar-refractivity contribution in [1.29, 1.82) is 0 Å². The molecule has 5 nitrogen and oxygen atoms in total. The van der Waals surface area contributed by atoms with Gasteiger partial charge in [-0.05, 0) is 41.0 Å². The van der Waals surface area contributed by atoms with Gasteiger partial charge in [0.15, 0.2) is 0 Å². The van der Waals surface area contributed by atoms with Crippen molar-refractivity contribution >= 4 is 17.5 Å². The summed E-state index contributed by atoms with van der Waals surface area (Å²) in [4.78, 5) is 18.0. The van der Waals surface area contributed by atoms with E-state index in [1.54, 1.807) is 11.0 Å². The van der Waals surface area contributed by atoms with Crippen molar-refractivity contribution in [2.45, 2.75) is 19.6 Å². The Labute approximate surface area is 148 Å². The first-order chi connectivity index (χ1) is 12.1. The first-order valence-corrected chi connectivity index (χ1v) is 8.15. The number of amides is 1. The van der Waals surface area contributed by atoms with Gasteiger partial charge in [0.05, 0.1) is 5.02 Å². The van der Waals surface area contributed by atoms with Crippen LogP contribution in [0.5, 0.6) is 0 Å². The van der Waals surface area contributed by atoms with Crippen molar-refractivity contribution in [2.24, 2.45) is 0 Å². The van der Waals surface area contributed by atoms with E-state index in [4.69, 9.17) is 11.6 Å². The third-order valence-corrected chi connectivity index (χ3v) is 4.60. The summed E-state index contributed by atoms with van der Waals surface area (Å²) >= 11 is 6.15. The highest BCUT2D eigenvalue weighted by molar-refractivity contribution is 6.33. The van der Waals surface area contributed by atoms with Crippen LogP contribution in [0.15, 0.2) is 49.1 Å². The third-order valence-electron chi connectivity index (χ3n) is 4.29. The Balaban J connectivity index is 1.55. The lowest BCUT2D eigenvalue weighted by atomic mass is 10.0. The number of carbonyl (C=O) groups excluding carboxylic acids is 1. The second-order valence-corrected chi connectivity index (χ2v) is 6.36. The number of halogens is 2. The van der Waals surface area contributed by atoms with Crippen LogP contribution in [0.2, 0.25) is 5.02 Å². The zero-order valence-corrected chi connectivity index (χ0v) is 13.9. The van der Waals surface area contributed by atoms with Crippen LogP contribution in [0.3, 0.4) is 0 Å². The SMILES string of the molecule is O=C(Cn1cncn1)N1Cc2ccc(-c3ccc(F)cc3Cl)cc2C1. The highest BCUT2D eigenvalue weighted by Gasteiger charge is 2.24. The van der Waals surface area contributed by atoms with Crippen molar-refractivity contribution in [3.05, 3.63) is 71.0 Å². The fraction of sp³-hybridized carbons (Fsp3) is 0.167. The number of hydrogen-bond acceptors (Lipinski definition) is 3. The predicted octanol–water partition coefficient (Wildman–Crippen LogP) is 3.28. The molecule has 1 aromatic heterocycles. The van der Waals surface area contributed by atoms with Gasteiger partial charge in [-0.15, -0.1) is 0 Å². The number of aromatic nitrogens is 3. The molecular weight excluding hydrogens is 343 g/mol. The molecule has 7 heteroatoms. The molecule has 2 aromatic carbocycles. The molecule has 0 atom stereocenters. The van der Waals surface area contributed by atoms with Crippen molar-refractivity contribution in [2.75, 3.05) is 0 Å². The van der Waals surface area contributed by atoms with E-state index in [1.807, 2.05) is 18.2 Å². The number of rotatable bonds is 3. The van der Waals surface area contributed by atoms with Crippen LogP contribution in [0.4, 0.5) is 4.39 Å². The molecule has 1 aliphatic heterocycles. The second kappa shape index (κ2) is 6.29. The molecule has 0 fully saturated rings. The Morgan fingerprint density at radius 2 is 2.00 bits per heavy atom. The molecule has 4 rings (SSSR count). The molecule has 25 heavy (non-hydrogen) atoms. The minimum absolute atomic E-state index is 0.0111. The Morgan fingerprint density at radius 3 is 2.76 bits per heavy atom. The van der Waals surface area contributed by atoms with Gasteiger partial charge in [0.2, 0.25) is 5.91 Å². The standard InChI is InChI=1S/C18H14ClFN4O/c19-17-6-15(20)3-4-16(17)12-1-2-13-7-23(8-14(13)5-12)18(25)9-24-11-21-10-22-24/h1-6,10-11H,7-9H2. The van der Waals surface area contributed by atoms with Gasteiger partial charge in [-0.3, -0.25) is 4.79 Å². The van der Waals surface area contributed by atoms with Crippen LogP contribution in [0.25, 0.3) is 11.1 Å². The van der Waals surface area contributed by atoms with Gasteiger partial charge in [-0.1, -0.05) is 23.7 Å². The van der Waals surface area contributed by atoms with Gasteiger partial charge in [-0.2, -0.15) is 5.10 Å². The van der Waals surface area contributed by atoms with Crippen LogP contribution in [-0.4, -0.2) is 25.6 Å². The quantitative estimate of drug-likeness (QED) is 0.723. The van der Waals surface area contributed by atoms with Crippen LogP contribution in [-0.2, 0) is 24.4 Å². The first kappa shape index (κ1) is 15.8. The molecule has 0 unspecified atom stereocenters. The summed E-state index contributed by atoms with van der Waals surface area (Å²) in [5.41, 5.74) is 3.87. The molecule has 2 heterocycles. The minimum Gasteiger partial charge on any atom is -0.332 e. The van der Waals surface area contributed by atoms with E-state index >= 15 is 0 Å². The summed E-state index contributed by atoms with van der Waals surface area (Å²) < 4.78 is 14.7. The van der Waals surface area contributed by atoms with E-state index in [1.165, 1.54) is 29.5 Å². The number of fused-ring (bicyclic) bond motifs is 1. The lowest BCUT2D eigenvalue weighted by Crippen LogP contribution is -2.29. The molecular formula is C18H14ClFN4O. The van der Waals surface area contributed by atoms with Crippen LogP contribution in [0.1, 0.15) is 11.1 Å². The molecule has 1 aliphatic rings. The van der Waals surface area contributed by atoms with E-state index < -0.39 is 0 Å². The Kier molecular flexibility index (Phi) is 3.97. The summed E-state index contributed by atoms with van der Waals surface area (Å²) in [6.07, 6.45) is 2.93. The van der Waals surface area contributed by atoms with E-state index in [0.29, 0.717) is 18.1 Å². The maximum Gasteiger partial charge on any atom is 0.244 e. The lowest BCUT2D eigenvalue weighted by Gasteiger charge is -2.14. The molecule has 0 N–H and O–H groups in total. The predicted molar refractivity (Wildman–Crippen MR) is 91.1 cm³/mol. The van der Waals surface area contributed by atoms with Crippen molar-refractivity contribution in [3.63, 3.8) is 0 Å². The van der Waals surface area contributed by atoms with E-state index in [-0.39, 0.29) is 18.3 Å². The highest BCUT2D eigenvalue weighted by atomic mass is 35.5.